The molecule has 0 saturated carbocycles. The number of nitrogens with two attached hydrogens (primary N) is 1. The second-order valence-electron chi connectivity index (χ2n) is 6.79. The van der Waals surface area contributed by atoms with Gasteiger partial charge in [0.15, 0.2) is 18.1 Å². The summed E-state index contributed by atoms with van der Waals surface area (Å²) in [4.78, 5) is 24.4. The number of rotatable bonds is 5. The molecule has 2 N–H and O–H groups in total. The number of fused-ring (bicyclic) bond motifs is 2. The molecule has 7 heteroatoms. The Balaban J connectivity index is 1.85. The van der Waals surface area contributed by atoms with Crippen LogP contribution in [0.3, 0.4) is 0 Å². The lowest BCUT2D eigenvalue weighted by molar-refractivity contribution is -0.119. The summed E-state index contributed by atoms with van der Waals surface area (Å²) in [5.74, 6) is 1.65. The molecule has 0 saturated heterocycles. The lowest BCUT2D eigenvalue weighted by Crippen LogP contribution is -2.20. The molecule has 0 radical (unpaired) electrons. The molecule has 7 nitrogen and oxygen atoms in total. The molecule has 0 aliphatic carbocycles. The first-order chi connectivity index (χ1) is 14.0. The van der Waals surface area contributed by atoms with Gasteiger partial charge in [0.2, 0.25) is 5.43 Å². The lowest BCUT2D eigenvalue weighted by Gasteiger charge is -2.19. The Kier molecular flexibility index (Phi) is 4.88. The van der Waals surface area contributed by atoms with Crippen LogP contribution in [0.15, 0.2) is 39.5 Å². The highest BCUT2D eigenvalue weighted by molar-refractivity contribution is 5.85. The molecule has 0 fully saturated rings. The van der Waals surface area contributed by atoms with Crippen LogP contribution in [0.2, 0.25) is 0 Å². The zero-order valence-electron chi connectivity index (χ0n) is 16.2. The maximum Gasteiger partial charge on any atom is 0.255 e. The van der Waals surface area contributed by atoms with Crippen LogP contribution in [0.1, 0.15) is 18.2 Å². The van der Waals surface area contributed by atoms with Gasteiger partial charge < -0.3 is 24.4 Å². The van der Waals surface area contributed by atoms with E-state index in [-0.39, 0.29) is 12.0 Å². The summed E-state index contributed by atoms with van der Waals surface area (Å²) in [5.41, 5.74) is 7.39. The summed E-state index contributed by atoms with van der Waals surface area (Å²) in [6.07, 6.45) is 0.622. The highest BCUT2D eigenvalue weighted by atomic mass is 16.6. The van der Waals surface area contributed by atoms with Crippen molar-refractivity contribution in [3.63, 3.8) is 0 Å². The fourth-order valence-electron chi connectivity index (χ4n) is 3.47. The first-order valence-electron chi connectivity index (χ1n) is 9.39. The predicted octanol–water partition coefficient (Wildman–Crippen LogP) is 2.97. The van der Waals surface area contributed by atoms with Gasteiger partial charge in [-0.3, -0.25) is 9.59 Å². The first kappa shape index (κ1) is 18.9. The van der Waals surface area contributed by atoms with Crippen molar-refractivity contribution in [1.82, 2.24) is 0 Å². The zero-order valence-corrected chi connectivity index (χ0v) is 16.2. The van der Waals surface area contributed by atoms with E-state index in [0.29, 0.717) is 64.7 Å². The smallest absolute Gasteiger partial charge is 0.255 e. The number of aryl methyl sites for hydroxylation is 2. The van der Waals surface area contributed by atoms with Crippen molar-refractivity contribution >= 4 is 16.9 Å². The van der Waals surface area contributed by atoms with E-state index in [1.807, 2.05) is 13.0 Å². The van der Waals surface area contributed by atoms with Gasteiger partial charge in [0.05, 0.1) is 10.9 Å². The summed E-state index contributed by atoms with van der Waals surface area (Å²) < 4.78 is 22.6. The molecule has 2 heterocycles. The lowest BCUT2D eigenvalue weighted by atomic mass is 10.00. The van der Waals surface area contributed by atoms with E-state index in [1.165, 1.54) is 0 Å². The minimum absolute atomic E-state index is 0.142. The van der Waals surface area contributed by atoms with E-state index in [0.717, 1.165) is 5.56 Å². The van der Waals surface area contributed by atoms with E-state index in [9.17, 15) is 9.59 Å². The van der Waals surface area contributed by atoms with Gasteiger partial charge in [0, 0.05) is 6.07 Å². The third-order valence-corrected chi connectivity index (χ3v) is 4.83. The van der Waals surface area contributed by atoms with Gasteiger partial charge in [-0.1, -0.05) is 13.0 Å². The van der Waals surface area contributed by atoms with E-state index in [2.05, 4.69) is 0 Å². The number of carbonyl (C=O) groups excluding carboxylic acids is 1. The fourth-order valence-corrected chi connectivity index (χ4v) is 3.47. The number of amides is 1. The summed E-state index contributed by atoms with van der Waals surface area (Å²) in [7, 11) is 0. The standard InChI is InChI=1S/C22H21NO6/c1-3-13-8-15-18(10-17(13)28-11-20(23)24)29-12(2)21(22(15)25)14-4-5-16-19(9-14)27-7-6-26-16/h4-5,8-10H,3,6-7,11H2,1-2H3,(H2,23,24). The van der Waals surface area contributed by atoms with Gasteiger partial charge in [-0.15, -0.1) is 0 Å². The number of primary amides is 1. The number of carbonyl (C=O) groups is 1. The molecule has 1 amide bonds. The maximum absolute atomic E-state index is 13.3. The molecule has 150 valence electrons. The Hall–Kier alpha value is -3.48. The van der Waals surface area contributed by atoms with Crippen LogP contribution in [0.25, 0.3) is 22.1 Å². The molecule has 0 unspecified atom stereocenters. The second-order valence-corrected chi connectivity index (χ2v) is 6.79. The number of ether oxygens (including phenoxy) is 3. The van der Waals surface area contributed by atoms with Gasteiger partial charge in [-0.2, -0.15) is 0 Å². The number of benzene rings is 2. The molecule has 2 aromatic carbocycles. The predicted molar refractivity (Wildman–Crippen MR) is 108 cm³/mol. The van der Waals surface area contributed by atoms with Crippen molar-refractivity contribution in [3.8, 4) is 28.4 Å². The monoisotopic (exact) mass is 395 g/mol. The highest BCUT2D eigenvalue weighted by Crippen LogP contribution is 2.36. The normalized spacial score (nSPS) is 12.8. The summed E-state index contributed by atoms with van der Waals surface area (Å²) in [6.45, 7) is 4.41. The quantitative estimate of drug-likeness (QED) is 0.713. The Morgan fingerprint density at radius 2 is 1.90 bits per heavy atom. The van der Waals surface area contributed by atoms with Crippen molar-refractivity contribution in [2.24, 2.45) is 5.73 Å². The molecule has 3 aromatic rings. The van der Waals surface area contributed by atoms with E-state index in [1.54, 1.807) is 31.2 Å². The van der Waals surface area contributed by atoms with Crippen molar-refractivity contribution in [1.29, 1.82) is 0 Å². The van der Waals surface area contributed by atoms with Gasteiger partial charge >= 0.3 is 0 Å². The van der Waals surface area contributed by atoms with Crippen molar-refractivity contribution in [3.05, 3.63) is 51.9 Å². The minimum Gasteiger partial charge on any atom is -0.486 e. The molecule has 4 rings (SSSR count). The van der Waals surface area contributed by atoms with Crippen LogP contribution < -0.4 is 25.4 Å². The van der Waals surface area contributed by atoms with Crippen LogP contribution in [-0.4, -0.2) is 25.7 Å². The van der Waals surface area contributed by atoms with Gasteiger partial charge in [0.1, 0.15) is 30.3 Å². The molecule has 0 bridgehead atoms. The highest BCUT2D eigenvalue weighted by Gasteiger charge is 2.19. The van der Waals surface area contributed by atoms with Crippen LogP contribution in [-0.2, 0) is 11.2 Å². The molecule has 0 atom stereocenters. The van der Waals surface area contributed by atoms with E-state index >= 15 is 0 Å². The first-order valence-corrected chi connectivity index (χ1v) is 9.39. The molecule has 1 aliphatic heterocycles. The Morgan fingerprint density at radius 1 is 1.14 bits per heavy atom. The Bertz CT molecular complexity index is 1160. The van der Waals surface area contributed by atoms with Gasteiger partial charge in [0.25, 0.3) is 5.91 Å². The summed E-state index contributed by atoms with van der Waals surface area (Å²) in [6, 6.07) is 8.80. The molecule has 0 spiro atoms. The van der Waals surface area contributed by atoms with E-state index in [4.69, 9.17) is 24.4 Å². The van der Waals surface area contributed by atoms with E-state index < -0.39 is 5.91 Å². The fraction of sp³-hybridized carbons (Fsp3) is 0.273. The largest absolute Gasteiger partial charge is 0.486 e. The molecule has 1 aromatic heterocycles. The third kappa shape index (κ3) is 3.51. The van der Waals surface area contributed by atoms with Crippen LogP contribution in [0.5, 0.6) is 17.2 Å². The number of hydrogen-bond donors (Lipinski definition) is 1. The SMILES string of the molecule is CCc1cc2c(=O)c(-c3ccc4c(c3)OCCO4)c(C)oc2cc1OCC(N)=O. The molecule has 29 heavy (non-hydrogen) atoms. The molecular formula is C22H21NO6. The second kappa shape index (κ2) is 7.50. The zero-order chi connectivity index (χ0) is 20.5. The third-order valence-electron chi connectivity index (χ3n) is 4.83. The van der Waals surface area contributed by atoms with Crippen LogP contribution >= 0.6 is 0 Å². The van der Waals surface area contributed by atoms with Crippen molar-refractivity contribution < 1.29 is 23.4 Å². The van der Waals surface area contributed by atoms with Crippen LogP contribution in [0.4, 0.5) is 0 Å². The topological polar surface area (TPSA) is 101 Å². The molecular weight excluding hydrogens is 374 g/mol. The van der Waals surface area contributed by atoms with Gasteiger partial charge in [-0.25, -0.2) is 0 Å². The molecule has 1 aliphatic rings. The average molecular weight is 395 g/mol. The van der Waals surface area contributed by atoms with Crippen LogP contribution in [0, 0.1) is 6.92 Å². The van der Waals surface area contributed by atoms with Crippen molar-refractivity contribution in [2.45, 2.75) is 20.3 Å². The number of hydrogen-bond acceptors (Lipinski definition) is 6. The Morgan fingerprint density at radius 3 is 2.62 bits per heavy atom. The summed E-state index contributed by atoms with van der Waals surface area (Å²) >= 11 is 0. The average Bonchev–Trinajstić information content (AvgIpc) is 2.71. The maximum atomic E-state index is 13.3. The van der Waals surface area contributed by atoms with Crippen molar-refractivity contribution in [2.75, 3.05) is 19.8 Å². The minimum atomic E-state index is -0.571. The summed E-state index contributed by atoms with van der Waals surface area (Å²) in [5, 5.41) is 0.448. The Labute approximate surface area is 167 Å². The van der Waals surface area contributed by atoms with Gasteiger partial charge in [-0.05, 0) is 42.7 Å².